The molecule has 0 aromatic heterocycles. The van der Waals surface area contributed by atoms with Crippen LogP contribution in [-0.2, 0) is 28.5 Å². The first-order chi connectivity index (χ1) is 9.25. The summed E-state index contributed by atoms with van der Waals surface area (Å²) >= 11 is 0. The van der Waals surface area contributed by atoms with Gasteiger partial charge in [-0.25, -0.2) is 4.79 Å². The van der Waals surface area contributed by atoms with E-state index in [-0.39, 0.29) is 6.42 Å². The van der Waals surface area contributed by atoms with E-state index in [0.717, 1.165) is 5.57 Å². The summed E-state index contributed by atoms with van der Waals surface area (Å²) < 4.78 is 21.7. The molecule has 3 atom stereocenters. The maximum absolute atomic E-state index is 11.8. The highest BCUT2D eigenvalue weighted by molar-refractivity contribution is 5.90. The molecule has 20 heavy (non-hydrogen) atoms. The number of hydrogen-bond donors (Lipinski definition) is 0. The third-order valence-corrected chi connectivity index (χ3v) is 3.55. The monoisotopic (exact) mass is 284 g/mol. The van der Waals surface area contributed by atoms with Crippen LogP contribution in [0.5, 0.6) is 0 Å². The number of rotatable bonds is 2. The molecule has 6 heteroatoms. The zero-order valence-electron chi connectivity index (χ0n) is 12.4. The van der Waals surface area contributed by atoms with Crippen molar-refractivity contribution in [3.05, 3.63) is 11.1 Å². The molecule has 1 fully saturated rings. The van der Waals surface area contributed by atoms with Crippen LogP contribution in [0, 0.1) is 0 Å². The van der Waals surface area contributed by atoms with Gasteiger partial charge in [-0.2, -0.15) is 0 Å². The minimum atomic E-state index is -0.777. The first kappa shape index (κ1) is 15.0. The Morgan fingerprint density at radius 1 is 1.30 bits per heavy atom. The van der Waals surface area contributed by atoms with Gasteiger partial charge in [-0.3, -0.25) is 4.79 Å². The fraction of sp³-hybridized carbons (Fsp3) is 0.714. The average molecular weight is 284 g/mol. The molecule has 1 heterocycles. The summed E-state index contributed by atoms with van der Waals surface area (Å²) in [6, 6.07) is 0. The second kappa shape index (κ2) is 5.18. The fourth-order valence-electron chi connectivity index (χ4n) is 2.74. The van der Waals surface area contributed by atoms with Crippen molar-refractivity contribution in [2.24, 2.45) is 0 Å². The fourth-order valence-corrected chi connectivity index (χ4v) is 2.74. The van der Waals surface area contributed by atoms with E-state index in [1.54, 1.807) is 13.8 Å². The average Bonchev–Trinajstić information content (AvgIpc) is 2.68. The number of esters is 2. The number of hydrogen-bond acceptors (Lipinski definition) is 6. The van der Waals surface area contributed by atoms with E-state index >= 15 is 0 Å². The molecule has 2 aliphatic rings. The molecule has 1 aliphatic carbocycles. The SMILES string of the molecule is COC(=O)C1=C(C)[C@H]2OC(C)(C)O[C@H]2[C@H](OC(C)=O)C1. The molecule has 6 nitrogen and oxygen atoms in total. The number of carbonyl (C=O) groups excluding carboxylic acids is 2. The van der Waals surface area contributed by atoms with Gasteiger partial charge in [0.1, 0.15) is 18.3 Å². The van der Waals surface area contributed by atoms with E-state index in [4.69, 9.17) is 18.9 Å². The summed E-state index contributed by atoms with van der Waals surface area (Å²) in [7, 11) is 1.32. The Hall–Kier alpha value is -1.40. The van der Waals surface area contributed by atoms with Gasteiger partial charge in [-0.1, -0.05) is 0 Å². The second-order valence-electron chi connectivity index (χ2n) is 5.53. The molecule has 0 aromatic carbocycles. The van der Waals surface area contributed by atoms with Gasteiger partial charge < -0.3 is 18.9 Å². The van der Waals surface area contributed by atoms with Gasteiger partial charge in [0.2, 0.25) is 0 Å². The summed E-state index contributed by atoms with van der Waals surface area (Å²) in [5.74, 6) is -1.61. The lowest BCUT2D eigenvalue weighted by molar-refractivity contribution is -0.169. The van der Waals surface area contributed by atoms with Crippen LogP contribution in [0.4, 0.5) is 0 Å². The summed E-state index contributed by atoms with van der Waals surface area (Å²) in [5, 5.41) is 0. The first-order valence-electron chi connectivity index (χ1n) is 6.56. The number of carbonyl (C=O) groups is 2. The highest BCUT2D eigenvalue weighted by atomic mass is 16.8. The highest BCUT2D eigenvalue weighted by Crippen LogP contribution is 2.41. The van der Waals surface area contributed by atoms with Crippen molar-refractivity contribution in [3.8, 4) is 0 Å². The maximum Gasteiger partial charge on any atom is 0.333 e. The molecular formula is C14H20O6. The van der Waals surface area contributed by atoms with Crippen LogP contribution in [0.3, 0.4) is 0 Å². The van der Waals surface area contributed by atoms with Crippen LogP contribution in [0.2, 0.25) is 0 Å². The Morgan fingerprint density at radius 2 is 1.95 bits per heavy atom. The summed E-state index contributed by atoms with van der Waals surface area (Å²) in [6.45, 7) is 6.74. The zero-order chi connectivity index (χ0) is 15.1. The quantitative estimate of drug-likeness (QED) is 0.712. The molecule has 0 aromatic rings. The summed E-state index contributed by atoms with van der Waals surface area (Å²) in [5.41, 5.74) is 1.26. The molecule has 0 radical (unpaired) electrons. The molecule has 0 amide bonds. The van der Waals surface area contributed by atoms with Gasteiger partial charge in [0.05, 0.1) is 7.11 Å². The van der Waals surface area contributed by atoms with E-state index in [1.807, 2.05) is 6.92 Å². The molecule has 112 valence electrons. The molecule has 1 aliphatic heterocycles. The van der Waals surface area contributed by atoms with E-state index in [1.165, 1.54) is 14.0 Å². The molecular weight excluding hydrogens is 264 g/mol. The number of ether oxygens (including phenoxy) is 4. The number of fused-ring (bicyclic) bond motifs is 1. The second-order valence-corrected chi connectivity index (χ2v) is 5.53. The first-order valence-corrected chi connectivity index (χ1v) is 6.56. The predicted octanol–water partition coefficient (Wildman–Crippen LogP) is 1.33. The van der Waals surface area contributed by atoms with Gasteiger partial charge in [0, 0.05) is 18.9 Å². The van der Waals surface area contributed by atoms with Crippen molar-refractivity contribution in [1.82, 2.24) is 0 Å². The van der Waals surface area contributed by atoms with Gasteiger partial charge >= 0.3 is 11.9 Å². The molecule has 0 unspecified atom stereocenters. The summed E-state index contributed by atoms with van der Waals surface area (Å²) in [4.78, 5) is 23.1. The third-order valence-electron chi connectivity index (χ3n) is 3.55. The van der Waals surface area contributed by atoms with E-state index in [2.05, 4.69) is 0 Å². The minimum Gasteiger partial charge on any atom is -0.466 e. The minimum absolute atomic E-state index is 0.276. The molecule has 0 N–H and O–H groups in total. The lowest BCUT2D eigenvalue weighted by Gasteiger charge is -2.32. The molecule has 0 spiro atoms. The normalized spacial score (nSPS) is 31.8. The molecule has 0 saturated carbocycles. The number of methoxy groups -OCH3 is 1. The Balaban J connectivity index is 2.35. The van der Waals surface area contributed by atoms with Crippen molar-refractivity contribution < 1.29 is 28.5 Å². The Morgan fingerprint density at radius 3 is 2.50 bits per heavy atom. The van der Waals surface area contributed by atoms with Crippen molar-refractivity contribution in [2.75, 3.05) is 7.11 Å². The van der Waals surface area contributed by atoms with Crippen LogP contribution in [-0.4, -0.2) is 43.1 Å². The standard InChI is InChI=1S/C14H20O6/c1-7-9(13(16)17-5)6-10(18-8(2)15)12-11(7)19-14(3,4)20-12/h10-12H,6H2,1-5H3/t10-,11-,12+/m1/s1. The Labute approximate surface area is 118 Å². The van der Waals surface area contributed by atoms with Crippen molar-refractivity contribution >= 4 is 11.9 Å². The van der Waals surface area contributed by atoms with Crippen LogP contribution in [0.1, 0.15) is 34.1 Å². The van der Waals surface area contributed by atoms with Gasteiger partial charge in [-0.15, -0.1) is 0 Å². The van der Waals surface area contributed by atoms with E-state index < -0.39 is 36.0 Å². The molecule has 1 saturated heterocycles. The predicted molar refractivity (Wildman–Crippen MR) is 68.7 cm³/mol. The molecule has 2 rings (SSSR count). The Kier molecular flexibility index (Phi) is 3.88. The van der Waals surface area contributed by atoms with Crippen molar-refractivity contribution in [2.45, 2.75) is 58.2 Å². The largest absolute Gasteiger partial charge is 0.466 e. The van der Waals surface area contributed by atoms with Crippen molar-refractivity contribution in [1.29, 1.82) is 0 Å². The van der Waals surface area contributed by atoms with Gasteiger partial charge in [0.15, 0.2) is 5.79 Å². The van der Waals surface area contributed by atoms with Gasteiger partial charge in [0.25, 0.3) is 0 Å². The molecule has 0 bridgehead atoms. The lowest BCUT2D eigenvalue weighted by atomic mass is 9.86. The van der Waals surface area contributed by atoms with Crippen LogP contribution in [0.25, 0.3) is 0 Å². The smallest absolute Gasteiger partial charge is 0.333 e. The maximum atomic E-state index is 11.8. The van der Waals surface area contributed by atoms with Crippen LogP contribution in [0.15, 0.2) is 11.1 Å². The third kappa shape index (κ3) is 2.71. The zero-order valence-corrected chi connectivity index (χ0v) is 12.4. The van der Waals surface area contributed by atoms with Crippen molar-refractivity contribution in [3.63, 3.8) is 0 Å². The van der Waals surface area contributed by atoms with E-state index in [9.17, 15) is 9.59 Å². The van der Waals surface area contributed by atoms with E-state index in [0.29, 0.717) is 5.57 Å². The lowest BCUT2D eigenvalue weighted by Crippen LogP contribution is -2.44. The van der Waals surface area contributed by atoms with Gasteiger partial charge in [-0.05, 0) is 26.3 Å². The van der Waals surface area contributed by atoms with Crippen LogP contribution < -0.4 is 0 Å². The topological polar surface area (TPSA) is 71.1 Å². The summed E-state index contributed by atoms with van der Waals surface area (Å²) in [6.07, 6.45) is -1.07. The Bertz CT molecular complexity index is 464. The highest BCUT2D eigenvalue weighted by Gasteiger charge is 2.51. The van der Waals surface area contributed by atoms with Crippen LogP contribution >= 0.6 is 0 Å².